The number of aryl methyl sites for hydroxylation is 2. The number of nitrogens with zero attached hydrogens (tertiary/aromatic N) is 4. The topological polar surface area (TPSA) is 69.8 Å². The summed E-state index contributed by atoms with van der Waals surface area (Å²) in [5, 5.41) is 0. The van der Waals surface area contributed by atoms with Gasteiger partial charge >= 0.3 is 5.69 Å². The molecule has 3 rings (SSSR count). The molecule has 0 spiro atoms. The normalized spacial score (nSPS) is 11.3. The summed E-state index contributed by atoms with van der Waals surface area (Å²) in [5.41, 5.74) is 1.84. The van der Waals surface area contributed by atoms with E-state index in [9.17, 15) is 9.59 Å². The third-order valence-corrected chi connectivity index (χ3v) is 3.25. The molecule has 2 aliphatic heterocycles. The third-order valence-electron chi connectivity index (χ3n) is 3.25. The van der Waals surface area contributed by atoms with Gasteiger partial charge in [-0.05, 0) is 24.6 Å². The smallest absolute Gasteiger partial charge is 0.325 e. The SMILES string of the molecule is Cc1ccc2nc3c(=O)n(C)c(=O)nc-3n(C)c2c1. The zero-order chi connectivity index (χ0) is 13.7. The van der Waals surface area contributed by atoms with Crippen LogP contribution in [0.4, 0.5) is 0 Å². The van der Waals surface area contributed by atoms with Crippen LogP contribution < -0.4 is 11.2 Å². The van der Waals surface area contributed by atoms with Gasteiger partial charge in [0.25, 0.3) is 5.56 Å². The lowest BCUT2D eigenvalue weighted by Crippen LogP contribution is -2.36. The van der Waals surface area contributed by atoms with Gasteiger partial charge in [-0.1, -0.05) is 6.07 Å². The van der Waals surface area contributed by atoms with Crippen molar-refractivity contribution in [2.45, 2.75) is 6.92 Å². The fourth-order valence-electron chi connectivity index (χ4n) is 2.12. The highest BCUT2D eigenvalue weighted by molar-refractivity contribution is 5.79. The second-order valence-electron chi connectivity index (χ2n) is 4.59. The van der Waals surface area contributed by atoms with E-state index in [2.05, 4.69) is 9.97 Å². The molecule has 0 bridgehead atoms. The molecule has 0 saturated heterocycles. The summed E-state index contributed by atoms with van der Waals surface area (Å²) in [4.78, 5) is 31.9. The zero-order valence-corrected chi connectivity index (χ0v) is 10.8. The number of fused-ring (bicyclic) bond motifs is 2. The number of rotatable bonds is 0. The molecule has 6 nitrogen and oxygen atoms in total. The Morgan fingerprint density at radius 1 is 1.05 bits per heavy atom. The highest BCUT2D eigenvalue weighted by atomic mass is 16.2. The summed E-state index contributed by atoms with van der Waals surface area (Å²) in [7, 11) is 3.18. The molecule has 0 amide bonds. The molecule has 0 aromatic heterocycles. The maximum absolute atomic E-state index is 12.1. The zero-order valence-electron chi connectivity index (χ0n) is 10.8. The molecule has 2 heterocycles. The van der Waals surface area contributed by atoms with Crippen molar-refractivity contribution in [1.29, 1.82) is 0 Å². The molecule has 1 aromatic rings. The average Bonchev–Trinajstić information content (AvgIpc) is 2.39. The fraction of sp³-hybridized carbons (Fsp3) is 0.231. The van der Waals surface area contributed by atoms with Gasteiger partial charge in [-0.2, -0.15) is 4.98 Å². The maximum Gasteiger partial charge on any atom is 0.352 e. The van der Waals surface area contributed by atoms with Crippen molar-refractivity contribution < 1.29 is 0 Å². The summed E-state index contributed by atoms with van der Waals surface area (Å²) in [6.45, 7) is 1.97. The van der Waals surface area contributed by atoms with E-state index in [0.717, 1.165) is 15.6 Å². The molecule has 0 saturated carbocycles. The van der Waals surface area contributed by atoms with Crippen LogP contribution in [0.2, 0.25) is 0 Å². The van der Waals surface area contributed by atoms with Gasteiger partial charge in [-0.15, -0.1) is 0 Å². The van der Waals surface area contributed by atoms with Crippen LogP contribution in [0.15, 0.2) is 27.8 Å². The molecule has 0 atom stereocenters. The Balaban J connectivity index is 2.62. The molecule has 2 aliphatic rings. The molecular formula is C13H12N4O2. The van der Waals surface area contributed by atoms with Crippen LogP contribution in [-0.2, 0) is 14.1 Å². The minimum atomic E-state index is -0.568. The quantitative estimate of drug-likeness (QED) is 0.547. The van der Waals surface area contributed by atoms with Gasteiger partial charge in [0.05, 0.1) is 11.0 Å². The lowest BCUT2D eigenvalue weighted by atomic mass is 10.2. The van der Waals surface area contributed by atoms with Gasteiger partial charge in [0.1, 0.15) is 0 Å². The molecule has 1 aromatic carbocycles. The van der Waals surface area contributed by atoms with Crippen molar-refractivity contribution in [2.75, 3.05) is 0 Å². The Hall–Kier alpha value is -2.50. The van der Waals surface area contributed by atoms with Crippen LogP contribution >= 0.6 is 0 Å². The van der Waals surface area contributed by atoms with Gasteiger partial charge in [0.15, 0.2) is 11.5 Å². The van der Waals surface area contributed by atoms with Crippen molar-refractivity contribution in [1.82, 2.24) is 19.1 Å². The number of benzene rings is 1. The third kappa shape index (κ3) is 1.56. The second kappa shape index (κ2) is 3.74. The summed E-state index contributed by atoms with van der Waals surface area (Å²) in [6.07, 6.45) is 0. The largest absolute Gasteiger partial charge is 0.352 e. The van der Waals surface area contributed by atoms with Crippen molar-refractivity contribution >= 4 is 11.0 Å². The molecule has 0 N–H and O–H groups in total. The fourth-order valence-corrected chi connectivity index (χ4v) is 2.12. The maximum atomic E-state index is 12.1. The van der Waals surface area contributed by atoms with Gasteiger partial charge in [-0.3, -0.25) is 9.36 Å². The number of hydrogen-bond donors (Lipinski definition) is 0. The first-order chi connectivity index (χ1) is 8.99. The lowest BCUT2D eigenvalue weighted by Gasteiger charge is -2.13. The first-order valence-corrected chi connectivity index (χ1v) is 5.83. The highest BCUT2D eigenvalue weighted by Gasteiger charge is 2.18. The number of hydrogen-bond acceptors (Lipinski definition) is 4. The molecule has 0 fully saturated rings. The first kappa shape index (κ1) is 11.6. The lowest BCUT2D eigenvalue weighted by molar-refractivity contribution is 0.748. The van der Waals surface area contributed by atoms with Gasteiger partial charge < -0.3 is 4.57 Å². The van der Waals surface area contributed by atoms with E-state index < -0.39 is 11.2 Å². The Bertz CT molecular complexity index is 892. The van der Waals surface area contributed by atoms with E-state index in [1.807, 2.05) is 25.1 Å². The van der Waals surface area contributed by atoms with E-state index in [1.54, 1.807) is 11.6 Å². The molecule has 0 unspecified atom stereocenters. The molecule has 0 aliphatic carbocycles. The van der Waals surface area contributed by atoms with Crippen LogP contribution in [0, 0.1) is 6.92 Å². The van der Waals surface area contributed by atoms with Crippen molar-refractivity contribution in [2.24, 2.45) is 14.1 Å². The van der Waals surface area contributed by atoms with Crippen LogP contribution in [0.1, 0.15) is 5.56 Å². The Morgan fingerprint density at radius 2 is 1.79 bits per heavy atom. The highest BCUT2D eigenvalue weighted by Crippen LogP contribution is 2.19. The first-order valence-electron chi connectivity index (χ1n) is 5.83. The monoisotopic (exact) mass is 256 g/mol. The minimum Gasteiger partial charge on any atom is -0.325 e. The van der Waals surface area contributed by atoms with Crippen LogP contribution in [0.5, 0.6) is 0 Å². The van der Waals surface area contributed by atoms with Crippen LogP contribution in [0.3, 0.4) is 0 Å². The molecule has 0 radical (unpaired) electrons. The Kier molecular flexibility index (Phi) is 2.28. The van der Waals surface area contributed by atoms with E-state index in [-0.39, 0.29) is 5.69 Å². The molecule has 96 valence electrons. The van der Waals surface area contributed by atoms with E-state index in [1.165, 1.54) is 7.05 Å². The molecule has 6 heteroatoms. The number of aromatic nitrogens is 4. The minimum absolute atomic E-state index is 0.209. The summed E-state index contributed by atoms with van der Waals surface area (Å²) < 4.78 is 2.70. The predicted octanol–water partition coefficient (Wildman–Crippen LogP) is 0.440. The standard InChI is InChI=1S/C13H12N4O2/c1-7-4-5-8-9(6-7)16(2)11-10(14-8)12(18)17(3)13(19)15-11/h4-6H,1-3H3. The Labute approximate surface area is 108 Å². The summed E-state index contributed by atoms with van der Waals surface area (Å²) >= 11 is 0. The van der Waals surface area contributed by atoms with Crippen molar-refractivity contribution in [3.63, 3.8) is 0 Å². The van der Waals surface area contributed by atoms with Gasteiger partial charge in [-0.25, -0.2) is 9.78 Å². The summed E-state index contributed by atoms with van der Waals surface area (Å²) in [6, 6.07) is 5.74. The van der Waals surface area contributed by atoms with Gasteiger partial charge in [0.2, 0.25) is 0 Å². The molecule has 19 heavy (non-hydrogen) atoms. The van der Waals surface area contributed by atoms with E-state index in [4.69, 9.17) is 0 Å². The van der Waals surface area contributed by atoms with E-state index >= 15 is 0 Å². The Morgan fingerprint density at radius 3 is 2.53 bits per heavy atom. The van der Waals surface area contributed by atoms with E-state index in [0.29, 0.717) is 11.3 Å². The summed E-state index contributed by atoms with van der Waals surface area (Å²) in [5.74, 6) is 0.311. The van der Waals surface area contributed by atoms with Gasteiger partial charge in [0, 0.05) is 14.1 Å². The second-order valence-corrected chi connectivity index (χ2v) is 4.59. The van der Waals surface area contributed by atoms with Crippen molar-refractivity contribution in [3.8, 4) is 11.5 Å². The van der Waals surface area contributed by atoms with Crippen molar-refractivity contribution in [3.05, 3.63) is 44.6 Å². The van der Waals surface area contributed by atoms with Crippen LogP contribution in [0.25, 0.3) is 22.6 Å². The van der Waals surface area contributed by atoms with Crippen LogP contribution in [-0.4, -0.2) is 19.1 Å². The predicted molar refractivity (Wildman–Crippen MR) is 71.4 cm³/mol. The average molecular weight is 256 g/mol. The molecular weight excluding hydrogens is 244 g/mol.